The highest BCUT2D eigenvalue weighted by Crippen LogP contribution is 2.56. The predicted molar refractivity (Wildman–Crippen MR) is 133 cm³/mol. The Bertz CT molecular complexity index is 1330. The summed E-state index contributed by atoms with van der Waals surface area (Å²) in [4.78, 5) is 21.6. The minimum Gasteiger partial charge on any atom is -0.258 e. The summed E-state index contributed by atoms with van der Waals surface area (Å²) in [7, 11) is 0. The van der Waals surface area contributed by atoms with Crippen LogP contribution in [0, 0.1) is 20.2 Å². The first-order valence-electron chi connectivity index (χ1n) is 10.6. The van der Waals surface area contributed by atoms with E-state index >= 15 is 0 Å². The number of hydrogen-bond donors (Lipinski definition) is 0. The van der Waals surface area contributed by atoms with E-state index in [0.717, 1.165) is 44.5 Å². The smallest absolute Gasteiger partial charge is 0.258 e. The van der Waals surface area contributed by atoms with Crippen molar-refractivity contribution in [3.63, 3.8) is 0 Å². The third kappa shape index (κ3) is 3.67. The second-order valence-corrected chi connectivity index (χ2v) is 7.84. The average Bonchev–Trinajstić information content (AvgIpc) is 2.85. The maximum absolute atomic E-state index is 11.2. The van der Waals surface area contributed by atoms with Crippen LogP contribution in [-0.4, -0.2) is 9.85 Å². The Morgan fingerprint density at radius 2 is 0.647 bits per heavy atom. The molecule has 1 aliphatic rings. The third-order valence-corrected chi connectivity index (χ3v) is 5.86. The molecule has 1 aliphatic carbocycles. The van der Waals surface area contributed by atoms with Crippen LogP contribution in [0.2, 0.25) is 0 Å². The fraction of sp³-hybridized carbons (Fsp3) is 0. The van der Waals surface area contributed by atoms with Crippen LogP contribution in [0.5, 0.6) is 0 Å². The summed E-state index contributed by atoms with van der Waals surface area (Å²) in [5.74, 6) is 0. The van der Waals surface area contributed by atoms with Gasteiger partial charge in [-0.15, -0.1) is 0 Å². The molecule has 34 heavy (non-hydrogen) atoms. The highest BCUT2D eigenvalue weighted by atomic mass is 16.6. The number of allylic oxidation sites excluding steroid dienone is 4. The number of non-ortho nitro benzene ring substituents is 2. The van der Waals surface area contributed by atoms with Gasteiger partial charge in [0.05, 0.1) is 9.85 Å². The summed E-state index contributed by atoms with van der Waals surface area (Å²) in [6, 6.07) is 33.0. The number of rotatable bonds is 6. The molecule has 0 unspecified atom stereocenters. The molecule has 5 rings (SSSR count). The molecule has 0 aromatic heterocycles. The lowest BCUT2D eigenvalue weighted by Crippen LogP contribution is -2.10. The van der Waals surface area contributed by atoms with Crippen LogP contribution in [0.15, 0.2) is 109 Å². The molecule has 6 heteroatoms. The molecule has 6 nitrogen and oxygen atoms in total. The zero-order valence-corrected chi connectivity index (χ0v) is 17.9. The quantitative estimate of drug-likeness (QED) is 0.235. The summed E-state index contributed by atoms with van der Waals surface area (Å²) in [6.45, 7) is 0. The Morgan fingerprint density at radius 1 is 0.382 bits per heavy atom. The molecule has 4 aromatic carbocycles. The van der Waals surface area contributed by atoms with Crippen LogP contribution in [0.1, 0.15) is 22.3 Å². The first kappa shape index (κ1) is 21.0. The summed E-state index contributed by atoms with van der Waals surface area (Å²) in [6.07, 6.45) is 0. The molecule has 0 bridgehead atoms. The van der Waals surface area contributed by atoms with E-state index in [1.54, 1.807) is 24.3 Å². The van der Waals surface area contributed by atoms with E-state index in [1.807, 2.05) is 60.7 Å². The van der Waals surface area contributed by atoms with E-state index in [9.17, 15) is 20.2 Å². The predicted octanol–water partition coefficient (Wildman–Crippen LogP) is 7.04. The van der Waals surface area contributed by atoms with Gasteiger partial charge in [0.1, 0.15) is 0 Å². The van der Waals surface area contributed by atoms with Gasteiger partial charge in [-0.05, 0) is 68.8 Å². The monoisotopic (exact) mass is 446 g/mol. The lowest BCUT2D eigenvalue weighted by molar-refractivity contribution is -0.385. The van der Waals surface area contributed by atoms with E-state index in [2.05, 4.69) is 0 Å². The summed E-state index contributed by atoms with van der Waals surface area (Å²) in [5, 5.41) is 22.4. The molecule has 0 spiro atoms. The fourth-order valence-electron chi connectivity index (χ4n) is 4.30. The second kappa shape index (κ2) is 8.60. The Kier molecular flexibility index (Phi) is 5.32. The maximum atomic E-state index is 11.2. The molecular formula is C28H18N2O4. The largest absolute Gasteiger partial charge is 0.269 e. The molecule has 0 saturated heterocycles. The zero-order chi connectivity index (χ0) is 23.7. The van der Waals surface area contributed by atoms with E-state index in [0.29, 0.717) is 0 Å². The van der Waals surface area contributed by atoms with E-state index in [4.69, 9.17) is 0 Å². The average molecular weight is 446 g/mol. The SMILES string of the molecule is O=[N+]([O-])c1ccc(C2=C(c3ccccc3)C(c3ccc([N+](=O)[O-])cc3)=C2c2ccccc2)cc1. The van der Waals surface area contributed by atoms with Gasteiger partial charge in [-0.25, -0.2) is 0 Å². The topological polar surface area (TPSA) is 86.3 Å². The molecule has 0 N–H and O–H groups in total. The first-order valence-corrected chi connectivity index (χ1v) is 10.6. The van der Waals surface area contributed by atoms with Gasteiger partial charge in [-0.2, -0.15) is 0 Å². The van der Waals surface area contributed by atoms with Crippen LogP contribution in [-0.2, 0) is 0 Å². The highest BCUT2D eigenvalue weighted by Gasteiger charge is 2.33. The molecule has 164 valence electrons. The molecule has 0 radical (unpaired) electrons. The number of nitro groups is 2. The Labute approximate surface area is 195 Å². The van der Waals surface area contributed by atoms with Crippen molar-refractivity contribution in [1.29, 1.82) is 0 Å². The normalized spacial score (nSPS) is 12.9. The number of hydrogen-bond acceptors (Lipinski definition) is 4. The lowest BCUT2D eigenvalue weighted by atomic mass is 9.69. The van der Waals surface area contributed by atoms with E-state index < -0.39 is 9.85 Å². The maximum Gasteiger partial charge on any atom is 0.269 e. The standard InChI is InChI=1S/C28H18N2O4/c31-29(32)23-15-11-21(12-16-23)27-25(19-7-3-1-4-8-19)28(26(27)20-9-5-2-6-10-20)22-13-17-24(18-14-22)30(33)34/h1-18H. The minimum atomic E-state index is -0.409. The van der Waals surface area contributed by atoms with Crippen LogP contribution < -0.4 is 0 Å². The van der Waals surface area contributed by atoms with Crippen molar-refractivity contribution in [3.05, 3.63) is 152 Å². The fourth-order valence-corrected chi connectivity index (χ4v) is 4.30. The molecule has 0 saturated carbocycles. The van der Waals surface area contributed by atoms with Gasteiger partial charge in [0.25, 0.3) is 11.4 Å². The summed E-state index contributed by atoms with van der Waals surface area (Å²) in [5.41, 5.74) is 7.79. The highest BCUT2D eigenvalue weighted by molar-refractivity contribution is 6.43. The van der Waals surface area contributed by atoms with Crippen LogP contribution in [0.3, 0.4) is 0 Å². The van der Waals surface area contributed by atoms with Gasteiger partial charge < -0.3 is 0 Å². The summed E-state index contributed by atoms with van der Waals surface area (Å²) < 4.78 is 0. The third-order valence-electron chi connectivity index (χ3n) is 5.86. The van der Waals surface area contributed by atoms with Gasteiger partial charge in [0.2, 0.25) is 0 Å². The molecule has 4 aromatic rings. The van der Waals surface area contributed by atoms with Crippen LogP contribution in [0.4, 0.5) is 11.4 Å². The van der Waals surface area contributed by atoms with Crippen molar-refractivity contribution < 1.29 is 9.85 Å². The number of nitrogens with zero attached hydrogens (tertiary/aromatic N) is 2. The van der Waals surface area contributed by atoms with Crippen molar-refractivity contribution >= 4 is 33.7 Å². The van der Waals surface area contributed by atoms with Gasteiger partial charge in [-0.3, -0.25) is 20.2 Å². The van der Waals surface area contributed by atoms with Crippen LogP contribution in [0.25, 0.3) is 22.3 Å². The Morgan fingerprint density at radius 3 is 0.912 bits per heavy atom. The van der Waals surface area contributed by atoms with Crippen molar-refractivity contribution in [1.82, 2.24) is 0 Å². The number of benzene rings is 4. The van der Waals surface area contributed by atoms with Gasteiger partial charge >= 0.3 is 0 Å². The van der Waals surface area contributed by atoms with Crippen molar-refractivity contribution in [2.24, 2.45) is 0 Å². The van der Waals surface area contributed by atoms with E-state index in [1.165, 1.54) is 24.3 Å². The van der Waals surface area contributed by atoms with Gasteiger partial charge in [0, 0.05) is 24.3 Å². The molecule has 0 aliphatic heterocycles. The van der Waals surface area contributed by atoms with Crippen molar-refractivity contribution in [2.75, 3.05) is 0 Å². The molecule has 0 heterocycles. The molecule has 0 fully saturated rings. The lowest BCUT2D eigenvalue weighted by Gasteiger charge is -2.33. The Balaban J connectivity index is 1.75. The van der Waals surface area contributed by atoms with Crippen molar-refractivity contribution in [3.8, 4) is 0 Å². The van der Waals surface area contributed by atoms with Gasteiger partial charge in [-0.1, -0.05) is 60.7 Å². The number of nitro benzene ring substituents is 2. The minimum absolute atomic E-state index is 0.0331. The van der Waals surface area contributed by atoms with Crippen LogP contribution >= 0.6 is 0 Å². The molecule has 0 amide bonds. The second-order valence-electron chi connectivity index (χ2n) is 7.84. The first-order chi connectivity index (χ1) is 16.5. The molecular weight excluding hydrogens is 428 g/mol. The Hall–Kier alpha value is -4.84. The zero-order valence-electron chi connectivity index (χ0n) is 17.9. The van der Waals surface area contributed by atoms with E-state index in [-0.39, 0.29) is 11.4 Å². The van der Waals surface area contributed by atoms with Crippen molar-refractivity contribution in [2.45, 2.75) is 0 Å². The summed E-state index contributed by atoms with van der Waals surface area (Å²) >= 11 is 0. The molecule has 0 atom stereocenters. The van der Waals surface area contributed by atoms with Gasteiger partial charge in [0.15, 0.2) is 0 Å².